The lowest BCUT2D eigenvalue weighted by atomic mass is 10.1. The molecule has 0 bridgehead atoms. The zero-order valence-corrected chi connectivity index (χ0v) is 7.54. The number of halogens is 1. The third-order valence-electron chi connectivity index (χ3n) is 1.41. The molecular formula is C9H11FS. The van der Waals surface area contributed by atoms with Gasteiger partial charge in [0.2, 0.25) is 0 Å². The van der Waals surface area contributed by atoms with Gasteiger partial charge < -0.3 is 0 Å². The van der Waals surface area contributed by atoms with E-state index < -0.39 is 0 Å². The van der Waals surface area contributed by atoms with Gasteiger partial charge in [-0.1, -0.05) is 6.07 Å². The Morgan fingerprint density at radius 2 is 2.09 bits per heavy atom. The Kier molecular flexibility index (Phi) is 2.94. The van der Waals surface area contributed by atoms with Gasteiger partial charge in [-0.2, -0.15) is 11.8 Å². The molecule has 0 aromatic heterocycles. The Morgan fingerprint density at radius 3 is 2.64 bits per heavy atom. The van der Waals surface area contributed by atoms with E-state index in [1.54, 1.807) is 23.9 Å². The average Bonchev–Trinajstić information content (AvgIpc) is 1.85. The summed E-state index contributed by atoms with van der Waals surface area (Å²) in [6, 6.07) is 5.15. The monoisotopic (exact) mass is 170 g/mol. The predicted molar refractivity (Wildman–Crippen MR) is 48.4 cm³/mol. The van der Waals surface area contributed by atoms with E-state index in [4.69, 9.17) is 0 Å². The molecule has 0 saturated carbocycles. The molecule has 1 rings (SSSR count). The summed E-state index contributed by atoms with van der Waals surface area (Å²) in [6.45, 7) is 1.91. The lowest BCUT2D eigenvalue weighted by molar-refractivity contribution is 0.625. The van der Waals surface area contributed by atoms with E-state index >= 15 is 0 Å². The Balaban J connectivity index is 2.89. The standard InChI is InChI=1S/C9H11FS/c1-7-3-8(6-11-2)5-9(10)4-7/h3-5H,6H2,1-2H3. The average molecular weight is 170 g/mol. The summed E-state index contributed by atoms with van der Waals surface area (Å²) >= 11 is 1.71. The number of thioether (sulfide) groups is 1. The van der Waals surface area contributed by atoms with E-state index in [0.29, 0.717) is 0 Å². The van der Waals surface area contributed by atoms with Crippen molar-refractivity contribution >= 4 is 11.8 Å². The first-order valence-electron chi connectivity index (χ1n) is 3.47. The van der Waals surface area contributed by atoms with Gasteiger partial charge >= 0.3 is 0 Å². The van der Waals surface area contributed by atoms with Crippen molar-refractivity contribution in [2.75, 3.05) is 6.26 Å². The molecule has 0 aliphatic heterocycles. The van der Waals surface area contributed by atoms with Crippen molar-refractivity contribution < 1.29 is 4.39 Å². The zero-order valence-electron chi connectivity index (χ0n) is 6.73. The van der Waals surface area contributed by atoms with Crippen molar-refractivity contribution in [3.8, 4) is 0 Å². The van der Waals surface area contributed by atoms with Crippen molar-refractivity contribution in [1.29, 1.82) is 0 Å². The zero-order chi connectivity index (χ0) is 8.27. The fourth-order valence-corrected chi connectivity index (χ4v) is 1.56. The highest BCUT2D eigenvalue weighted by Gasteiger charge is 1.96. The predicted octanol–water partition coefficient (Wildman–Crippen LogP) is 3.00. The highest BCUT2D eigenvalue weighted by Crippen LogP contribution is 2.12. The molecule has 0 fully saturated rings. The van der Waals surface area contributed by atoms with Crippen molar-refractivity contribution in [1.82, 2.24) is 0 Å². The minimum Gasteiger partial charge on any atom is -0.207 e. The SMILES string of the molecule is CSCc1cc(C)cc(F)c1. The molecule has 0 nitrogen and oxygen atoms in total. The minimum absolute atomic E-state index is 0.131. The molecule has 0 heterocycles. The molecule has 0 aliphatic carbocycles. The van der Waals surface area contributed by atoms with Crippen LogP contribution in [0.15, 0.2) is 18.2 Å². The van der Waals surface area contributed by atoms with E-state index in [2.05, 4.69) is 0 Å². The Hall–Kier alpha value is -0.500. The van der Waals surface area contributed by atoms with Crippen LogP contribution in [0.2, 0.25) is 0 Å². The van der Waals surface area contributed by atoms with E-state index in [-0.39, 0.29) is 5.82 Å². The van der Waals surface area contributed by atoms with E-state index in [9.17, 15) is 4.39 Å². The molecule has 11 heavy (non-hydrogen) atoms. The molecule has 60 valence electrons. The molecule has 0 radical (unpaired) electrons. The van der Waals surface area contributed by atoms with Crippen molar-refractivity contribution in [2.45, 2.75) is 12.7 Å². The van der Waals surface area contributed by atoms with Crippen LogP contribution >= 0.6 is 11.8 Å². The van der Waals surface area contributed by atoms with Gasteiger partial charge in [0.25, 0.3) is 0 Å². The van der Waals surface area contributed by atoms with Gasteiger partial charge in [-0.3, -0.25) is 0 Å². The summed E-state index contributed by atoms with van der Waals surface area (Å²) in [7, 11) is 0. The van der Waals surface area contributed by atoms with Gasteiger partial charge in [-0.25, -0.2) is 4.39 Å². The Labute approximate surface area is 70.8 Å². The first-order valence-corrected chi connectivity index (χ1v) is 4.87. The van der Waals surface area contributed by atoms with E-state index in [0.717, 1.165) is 16.9 Å². The fraction of sp³-hybridized carbons (Fsp3) is 0.333. The summed E-state index contributed by atoms with van der Waals surface area (Å²) in [5, 5.41) is 0. The Morgan fingerprint density at radius 1 is 1.36 bits per heavy atom. The number of rotatable bonds is 2. The third-order valence-corrected chi connectivity index (χ3v) is 2.03. The summed E-state index contributed by atoms with van der Waals surface area (Å²) in [5.74, 6) is 0.757. The summed E-state index contributed by atoms with van der Waals surface area (Å²) in [4.78, 5) is 0. The van der Waals surface area contributed by atoms with Crippen LogP contribution in [-0.2, 0) is 5.75 Å². The van der Waals surface area contributed by atoms with Crippen LogP contribution in [0, 0.1) is 12.7 Å². The topological polar surface area (TPSA) is 0 Å². The molecule has 0 amide bonds. The van der Waals surface area contributed by atoms with Gasteiger partial charge in [0, 0.05) is 5.75 Å². The van der Waals surface area contributed by atoms with Gasteiger partial charge in [0.15, 0.2) is 0 Å². The smallest absolute Gasteiger partial charge is 0.123 e. The van der Waals surface area contributed by atoms with E-state index in [1.807, 2.05) is 19.2 Å². The highest BCUT2D eigenvalue weighted by molar-refractivity contribution is 7.97. The van der Waals surface area contributed by atoms with Crippen LogP contribution in [-0.4, -0.2) is 6.26 Å². The third kappa shape index (κ3) is 2.54. The molecule has 2 heteroatoms. The molecule has 0 unspecified atom stereocenters. The van der Waals surface area contributed by atoms with Crippen molar-refractivity contribution in [3.63, 3.8) is 0 Å². The molecule has 1 aromatic carbocycles. The lowest BCUT2D eigenvalue weighted by Crippen LogP contribution is -1.84. The molecule has 0 spiro atoms. The maximum absolute atomic E-state index is 12.7. The molecule has 1 aromatic rings. The molecule has 0 N–H and O–H groups in total. The van der Waals surface area contributed by atoms with Crippen LogP contribution in [0.3, 0.4) is 0 Å². The summed E-state index contributed by atoms with van der Waals surface area (Å²) in [5.41, 5.74) is 2.06. The largest absolute Gasteiger partial charge is 0.207 e. The minimum atomic E-state index is -0.131. The van der Waals surface area contributed by atoms with E-state index in [1.165, 1.54) is 0 Å². The number of hydrogen-bond acceptors (Lipinski definition) is 1. The van der Waals surface area contributed by atoms with Gasteiger partial charge in [0.05, 0.1) is 0 Å². The van der Waals surface area contributed by atoms with Crippen molar-refractivity contribution in [2.24, 2.45) is 0 Å². The number of hydrogen-bond donors (Lipinski definition) is 0. The molecular weight excluding hydrogens is 159 g/mol. The maximum Gasteiger partial charge on any atom is 0.123 e. The van der Waals surface area contributed by atoms with Crippen LogP contribution in [0.4, 0.5) is 4.39 Å². The molecule has 0 saturated heterocycles. The number of aryl methyl sites for hydroxylation is 1. The van der Waals surface area contributed by atoms with Crippen LogP contribution in [0.5, 0.6) is 0 Å². The second-order valence-corrected chi connectivity index (χ2v) is 3.44. The second-order valence-electron chi connectivity index (χ2n) is 2.57. The summed E-state index contributed by atoms with van der Waals surface area (Å²) < 4.78 is 12.7. The van der Waals surface area contributed by atoms with Crippen LogP contribution in [0.25, 0.3) is 0 Å². The van der Waals surface area contributed by atoms with Gasteiger partial charge in [0.1, 0.15) is 5.82 Å². The molecule has 0 aliphatic rings. The van der Waals surface area contributed by atoms with Crippen LogP contribution in [0.1, 0.15) is 11.1 Å². The van der Waals surface area contributed by atoms with Crippen molar-refractivity contribution in [3.05, 3.63) is 35.1 Å². The van der Waals surface area contributed by atoms with Gasteiger partial charge in [-0.05, 0) is 36.4 Å². The van der Waals surface area contributed by atoms with Crippen LogP contribution < -0.4 is 0 Å². The lowest BCUT2D eigenvalue weighted by Gasteiger charge is -1.99. The second kappa shape index (κ2) is 3.77. The van der Waals surface area contributed by atoms with Gasteiger partial charge in [-0.15, -0.1) is 0 Å². The summed E-state index contributed by atoms with van der Waals surface area (Å²) in [6.07, 6.45) is 2.01. The number of benzene rings is 1. The maximum atomic E-state index is 12.7. The Bertz CT molecular complexity index is 225. The quantitative estimate of drug-likeness (QED) is 0.657. The normalized spacial score (nSPS) is 10.1. The first kappa shape index (κ1) is 8.60. The molecule has 0 atom stereocenters. The first-order chi connectivity index (χ1) is 5.22. The fourth-order valence-electron chi connectivity index (χ4n) is 1.06. The highest BCUT2D eigenvalue weighted by atomic mass is 32.2.